The van der Waals surface area contributed by atoms with Gasteiger partial charge in [-0.1, -0.05) is 12.1 Å². The number of benzene rings is 1. The maximum atomic E-state index is 12.0. The molecule has 20 heavy (non-hydrogen) atoms. The van der Waals surface area contributed by atoms with Gasteiger partial charge in [0, 0.05) is 25.0 Å². The molecule has 106 valence electrons. The van der Waals surface area contributed by atoms with Crippen LogP contribution in [0.25, 0.3) is 0 Å². The molecule has 1 aromatic carbocycles. The zero-order valence-electron chi connectivity index (χ0n) is 12.1. The lowest BCUT2D eigenvalue weighted by Crippen LogP contribution is -2.26. The third-order valence-electron chi connectivity index (χ3n) is 3.52. The topological polar surface area (TPSA) is 72.9 Å². The van der Waals surface area contributed by atoms with E-state index in [-0.39, 0.29) is 5.91 Å². The third kappa shape index (κ3) is 2.82. The summed E-state index contributed by atoms with van der Waals surface area (Å²) in [4.78, 5) is 12.0. The van der Waals surface area contributed by atoms with Gasteiger partial charge in [0.2, 0.25) is 0 Å². The van der Waals surface area contributed by atoms with Crippen molar-refractivity contribution in [3.8, 4) is 0 Å². The Morgan fingerprint density at radius 1 is 1.35 bits per heavy atom. The minimum atomic E-state index is -0.137. The molecule has 0 saturated carbocycles. The van der Waals surface area contributed by atoms with E-state index in [1.165, 1.54) is 5.56 Å². The number of nitrogens with zero attached hydrogens (tertiary/aromatic N) is 2. The van der Waals surface area contributed by atoms with E-state index in [0.29, 0.717) is 17.8 Å². The lowest BCUT2D eigenvalue weighted by atomic mass is 10.1. The number of nitrogens with one attached hydrogen (secondary N) is 1. The third-order valence-corrected chi connectivity index (χ3v) is 3.52. The molecular weight excluding hydrogens is 252 g/mol. The molecule has 0 aliphatic heterocycles. The number of aromatic nitrogens is 2. The standard InChI is InChI=1S/C15H20N4O/c1-10-12(11(2)19(3)18-10)8-9-17-15(20)13-6-4-5-7-14(13)16/h4-7H,8-9,16H2,1-3H3,(H,17,20). The summed E-state index contributed by atoms with van der Waals surface area (Å²) in [6.07, 6.45) is 0.768. The van der Waals surface area contributed by atoms with Crippen LogP contribution in [-0.4, -0.2) is 22.2 Å². The number of hydrogen-bond donors (Lipinski definition) is 2. The van der Waals surface area contributed by atoms with E-state index in [1.54, 1.807) is 18.2 Å². The van der Waals surface area contributed by atoms with Crippen LogP contribution in [0.5, 0.6) is 0 Å². The number of nitrogen functional groups attached to an aromatic ring is 1. The van der Waals surface area contributed by atoms with Crippen molar-refractivity contribution < 1.29 is 4.79 Å². The number of aryl methyl sites for hydroxylation is 2. The van der Waals surface area contributed by atoms with Gasteiger partial charge >= 0.3 is 0 Å². The molecule has 2 rings (SSSR count). The van der Waals surface area contributed by atoms with Crippen LogP contribution in [0.2, 0.25) is 0 Å². The number of rotatable bonds is 4. The molecule has 0 fully saturated rings. The summed E-state index contributed by atoms with van der Waals surface area (Å²) in [6.45, 7) is 4.59. The van der Waals surface area contributed by atoms with E-state index in [4.69, 9.17) is 5.73 Å². The number of anilines is 1. The molecule has 0 radical (unpaired) electrons. The van der Waals surface area contributed by atoms with Gasteiger partial charge in [-0.05, 0) is 38.0 Å². The number of carbonyl (C=O) groups is 1. The molecule has 0 bridgehead atoms. The summed E-state index contributed by atoms with van der Waals surface area (Å²) >= 11 is 0. The fraction of sp³-hybridized carbons (Fsp3) is 0.333. The zero-order valence-corrected chi connectivity index (χ0v) is 12.1. The second-order valence-electron chi connectivity index (χ2n) is 4.87. The highest BCUT2D eigenvalue weighted by molar-refractivity contribution is 5.99. The van der Waals surface area contributed by atoms with Crippen LogP contribution in [-0.2, 0) is 13.5 Å². The van der Waals surface area contributed by atoms with Gasteiger partial charge in [0.1, 0.15) is 0 Å². The van der Waals surface area contributed by atoms with Gasteiger partial charge in [-0.15, -0.1) is 0 Å². The lowest BCUT2D eigenvalue weighted by molar-refractivity contribution is 0.0955. The van der Waals surface area contributed by atoms with Crippen molar-refractivity contribution in [3.63, 3.8) is 0 Å². The number of para-hydroxylation sites is 1. The Kier molecular flexibility index (Phi) is 4.08. The van der Waals surface area contributed by atoms with Crippen molar-refractivity contribution in [2.75, 3.05) is 12.3 Å². The van der Waals surface area contributed by atoms with Crippen molar-refractivity contribution in [3.05, 3.63) is 46.8 Å². The Labute approximate surface area is 118 Å². The van der Waals surface area contributed by atoms with Gasteiger partial charge in [-0.3, -0.25) is 9.48 Å². The highest BCUT2D eigenvalue weighted by Crippen LogP contribution is 2.13. The summed E-state index contributed by atoms with van der Waals surface area (Å²) in [7, 11) is 1.93. The Morgan fingerprint density at radius 3 is 2.65 bits per heavy atom. The second-order valence-corrected chi connectivity index (χ2v) is 4.87. The summed E-state index contributed by atoms with van der Waals surface area (Å²) in [5, 5.41) is 7.26. The SMILES string of the molecule is Cc1nn(C)c(C)c1CCNC(=O)c1ccccc1N. The maximum absolute atomic E-state index is 12.0. The molecule has 0 spiro atoms. The molecule has 5 nitrogen and oxygen atoms in total. The zero-order chi connectivity index (χ0) is 14.7. The van der Waals surface area contributed by atoms with E-state index in [1.807, 2.05) is 31.6 Å². The predicted molar refractivity (Wildman–Crippen MR) is 79.6 cm³/mol. The van der Waals surface area contributed by atoms with Crippen LogP contribution in [0.3, 0.4) is 0 Å². The Hall–Kier alpha value is -2.30. The van der Waals surface area contributed by atoms with Crippen molar-refractivity contribution >= 4 is 11.6 Å². The Balaban J connectivity index is 1.97. The minimum absolute atomic E-state index is 0.137. The number of nitrogens with two attached hydrogens (primary N) is 1. The largest absolute Gasteiger partial charge is 0.398 e. The van der Waals surface area contributed by atoms with E-state index >= 15 is 0 Å². The highest BCUT2D eigenvalue weighted by atomic mass is 16.1. The van der Waals surface area contributed by atoms with Gasteiger partial charge in [0.05, 0.1) is 11.3 Å². The van der Waals surface area contributed by atoms with Gasteiger partial charge in [0.15, 0.2) is 0 Å². The number of carbonyl (C=O) groups excluding carboxylic acids is 1. The van der Waals surface area contributed by atoms with Crippen LogP contribution < -0.4 is 11.1 Å². The fourth-order valence-electron chi connectivity index (χ4n) is 2.28. The molecule has 0 aliphatic carbocycles. The van der Waals surface area contributed by atoms with E-state index in [2.05, 4.69) is 10.4 Å². The molecule has 0 atom stereocenters. The van der Waals surface area contributed by atoms with E-state index < -0.39 is 0 Å². The summed E-state index contributed by atoms with van der Waals surface area (Å²) < 4.78 is 1.86. The summed E-state index contributed by atoms with van der Waals surface area (Å²) in [6, 6.07) is 7.07. The van der Waals surface area contributed by atoms with Gasteiger partial charge < -0.3 is 11.1 Å². The van der Waals surface area contributed by atoms with Gasteiger partial charge in [-0.2, -0.15) is 5.10 Å². The normalized spacial score (nSPS) is 10.6. The molecule has 3 N–H and O–H groups in total. The van der Waals surface area contributed by atoms with Gasteiger partial charge in [-0.25, -0.2) is 0 Å². The van der Waals surface area contributed by atoms with Crippen LogP contribution in [0, 0.1) is 13.8 Å². The van der Waals surface area contributed by atoms with Crippen molar-refractivity contribution in [2.24, 2.45) is 7.05 Å². The highest BCUT2D eigenvalue weighted by Gasteiger charge is 2.11. The molecule has 1 amide bonds. The van der Waals surface area contributed by atoms with Crippen LogP contribution in [0.4, 0.5) is 5.69 Å². The molecular formula is C15H20N4O. The van der Waals surface area contributed by atoms with Crippen LogP contribution in [0.1, 0.15) is 27.3 Å². The number of amides is 1. The van der Waals surface area contributed by atoms with Gasteiger partial charge in [0.25, 0.3) is 5.91 Å². The van der Waals surface area contributed by atoms with Crippen molar-refractivity contribution in [2.45, 2.75) is 20.3 Å². The minimum Gasteiger partial charge on any atom is -0.398 e. The average molecular weight is 272 g/mol. The molecule has 5 heteroatoms. The molecule has 0 saturated heterocycles. The molecule has 1 aromatic heterocycles. The van der Waals surface area contributed by atoms with Crippen molar-refractivity contribution in [1.82, 2.24) is 15.1 Å². The Bertz CT molecular complexity index is 631. The maximum Gasteiger partial charge on any atom is 0.253 e. The van der Waals surface area contributed by atoms with E-state index in [9.17, 15) is 4.79 Å². The lowest BCUT2D eigenvalue weighted by Gasteiger charge is -2.07. The predicted octanol–water partition coefficient (Wildman–Crippen LogP) is 1.59. The first-order chi connectivity index (χ1) is 9.50. The molecule has 2 aromatic rings. The summed E-state index contributed by atoms with van der Waals surface area (Å²) in [5.74, 6) is -0.137. The smallest absolute Gasteiger partial charge is 0.253 e. The van der Waals surface area contributed by atoms with Crippen LogP contribution >= 0.6 is 0 Å². The fourth-order valence-corrected chi connectivity index (χ4v) is 2.28. The summed E-state index contributed by atoms with van der Waals surface area (Å²) in [5.41, 5.74) is 10.1. The molecule has 1 heterocycles. The average Bonchev–Trinajstić information content (AvgIpc) is 2.65. The quantitative estimate of drug-likeness (QED) is 0.830. The molecule has 0 unspecified atom stereocenters. The second kappa shape index (κ2) is 5.77. The monoisotopic (exact) mass is 272 g/mol. The first-order valence-corrected chi connectivity index (χ1v) is 6.62. The molecule has 0 aliphatic rings. The first-order valence-electron chi connectivity index (χ1n) is 6.62. The number of hydrogen-bond acceptors (Lipinski definition) is 3. The first kappa shape index (κ1) is 14.1. The van der Waals surface area contributed by atoms with Crippen LogP contribution in [0.15, 0.2) is 24.3 Å². The Morgan fingerprint density at radius 2 is 2.05 bits per heavy atom. The van der Waals surface area contributed by atoms with E-state index in [0.717, 1.165) is 17.8 Å². The van der Waals surface area contributed by atoms with Crippen molar-refractivity contribution in [1.29, 1.82) is 0 Å².